The van der Waals surface area contributed by atoms with Crippen molar-refractivity contribution in [3.05, 3.63) is 0 Å². The Bertz CT molecular complexity index is 252. The zero-order chi connectivity index (χ0) is 11.9. The van der Waals surface area contributed by atoms with E-state index in [0.717, 1.165) is 0 Å². The summed E-state index contributed by atoms with van der Waals surface area (Å²) >= 11 is 0. The van der Waals surface area contributed by atoms with Gasteiger partial charge < -0.3 is 20.1 Å². The van der Waals surface area contributed by atoms with E-state index in [1.54, 1.807) is 6.92 Å². The second kappa shape index (κ2) is 6.39. The van der Waals surface area contributed by atoms with Crippen molar-refractivity contribution in [1.82, 2.24) is 5.32 Å². The van der Waals surface area contributed by atoms with Crippen molar-refractivity contribution in [2.75, 3.05) is 25.5 Å². The molecule has 0 unspecified atom stereocenters. The molecular formula is C8H18NO5S-. The van der Waals surface area contributed by atoms with Gasteiger partial charge in [0.25, 0.3) is 0 Å². The normalized spacial score (nSPS) is 13.1. The van der Waals surface area contributed by atoms with Crippen LogP contribution in [0.1, 0.15) is 19.8 Å². The minimum atomic E-state index is -4.18. The number of rotatable bonds is 8. The summed E-state index contributed by atoms with van der Waals surface area (Å²) in [6.45, 7) is 1.61. The Morgan fingerprint density at radius 3 is 2.20 bits per heavy atom. The molecule has 0 aliphatic heterocycles. The van der Waals surface area contributed by atoms with Crippen molar-refractivity contribution in [3.8, 4) is 0 Å². The van der Waals surface area contributed by atoms with Crippen molar-refractivity contribution >= 4 is 10.1 Å². The average molecular weight is 240 g/mol. The van der Waals surface area contributed by atoms with Gasteiger partial charge >= 0.3 is 0 Å². The van der Waals surface area contributed by atoms with Gasteiger partial charge in [0.15, 0.2) is 0 Å². The van der Waals surface area contributed by atoms with Crippen LogP contribution in [0.15, 0.2) is 0 Å². The second-order valence-electron chi connectivity index (χ2n) is 3.49. The Labute approximate surface area is 90.1 Å². The fourth-order valence-electron chi connectivity index (χ4n) is 1.11. The summed E-state index contributed by atoms with van der Waals surface area (Å²) in [6.07, 6.45) is 0.692. The molecule has 0 aliphatic rings. The maximum absolute atomic E-state index is 10.3. The van der Waals surface area contributed by atoms with Crippen LogP contribution in [0.5, 0.6) is 0 Å². The topological polar surface area (TPSA) is 110 Å². The van der Waals surface area contributed by atoms with E-state index in [9.17, 15) is 13.0 Å². The van der Waals surface area contributed by atoms with Gasteiger partial charge in [-0.05, 0) is 19.4 Å². The number of nitrogens with one attached hydrogen (secondary N) is 1. The first-order chi connectivity index (χ1) is 6.89. The molecule has 92 valence electrons. The summed E-state index contributed by atoms with van der Waals surface area (Å²) in [5, 5.41) is 20.9. The fraction of sp³-hybridized carbons (Fsp3) is 1.00. The van der Waals surface area contributed by atoms with E-state index in [-0.39, 0.29) is 26.2 Å². The van der Waals surface area contributed by atoms with E-state index < -0.39 is 21.4 Å². The predicted octanol–water partition coefficient (Wildman–Crippen LogP) is -1.36. The van der Waals surface area contributed by atoms with Crippen LogP contribution in [0.2, 0.25) is 0 Å². The summed E-state index contributed by atoms with van der Waals surface area (Å²) in [4.78, 5) is 0. The van der Waals surface area contributed by atoms with Crippen LogP contribution in [0, 0.1) is 0 Å². The minimum Gasteiger partial charge on any atom is -0.748 e. The molecule has 0 bridgehead atoms. The second-order valence-corrected chi connectivity index (χ2v) is 5.02. The molecule has 0 amide bonds. The molecular weight excluding hydrogens is 222 g/mol. The molecule has 6 nitrogen and oxygen atoms in total. The standard InChI is InChI=1S/C8H19NO5S/c1-2-8(6-10,7-11)9-4-3-5-15(12,13)14/h9-11H,2-7H2,1H3,(H,12,13,14)/p-1. The Hall–Kier alpha value is -0.210. The number of hydrogen-bond acceptors (Lipinski definition) is 6. The zero-order valence-electron chi connectivity index (χ0n) is 8.77. The van der Waals surface area contributed by atoms with Crippen LogP contribution < -0.4 is 5.32 Å². The quantitative estimate of drug-likeness (QED) is 0.357. The van der Waals surface area contributed by atoms with Gasteiger partial charge in [0.2, 0.25) is 0 Å². The Kier molecular flexibility index (Phi) is 6.30. The van der Waals surface area contributed by atoms with Gasteiger partial charge in [-0.3, -0.25) is 0 Å². The van der Waals surface area contributed by atoms with E-state index in [1.165, 1.54) is 0 Å². The molecule has 0 aliphatic carbocycles. The fourth-order valence-corrected chi connectivity index (χ4v) is 1.61. The van der Waals surface area contributed by atoms with Crippen molar-refractivity contribution in [2.45, 2.75) is 25.3 Å². The lowest BCUT2D eigenvalue weighted by molar-refractivity contribution is 0.0881. The first-order valence-electron chi connectivity index (χ1n) is 4.79. The maximum atomic E-state index is 10.3. The Morgan fingerprint density at radius 2 is 1.87 bits per heavy atom. The molecule has 7 heteroatoms. The monoisotopic (exact) mass is 240 g/mol. The van der Waals surface area contributed by atoms with E-state index >= 15 is 0 Å². The third-order valence-corrected chi connectivity index (χ3v) is 3.14. The van der Waals surface area contributed by atoms with Gasteiger partial charge in [-0.2, -0.15) is 0 Å². The van der Waals surface area contributed by atoms with Crippen LogP contribution in [0.3, 0.4) is 0 Å². The zero-order valence-corrected chi connectivity index (χ0v) is 9.59. The molecule has 0 spiro atoms. The molecule has 0 saturated carbocycles. The van der Waals surface area contributed by atoms with Gasteiger partial charge in [-0.1, -0.05) is 6.92 Å². The first-order valence-corrected chi connectivity index (χ1v) is 6.37. The number of aliphatic hydroxyl groups excluding tert-OH is 2. The van der Waals surface area contributed by atoms with Gasteiger partial charge in [-0.15, -0.1) is 0 Å². The molecule has 0 aromatic rings. The minimum absolute atomic E-state index is 0.174. The van der Waals surface area contributed by atoms with Crippen LogP contribution in [0.25, 0.3) is 0 Å². The SMILES string of the molecule is CCC(CO)(CO)NCCCS(=O)(=O)[O-]. The van der Waals surface area contributed by atoms with Crippen molar-refractivity contribution < 1.29 is 23.2 Å². The molecule has 0 aromatic heterocycles. The number of hydrogen-bond donors (Lipinski definition) is 3. The molecule has 15 heavy (non-hydrogen) atoms. The first kappa shape index (κ1) is 14.8. The van der Waals surface area contributed by atoms with Crippen molar-refractivity contribution in [3.63, 3.8) is 0 Å². The maximum Gasteiger partial charge on any atom is 0.0946 e. The van der Waals surface area contributed by atoms with Gasteiger partial charge in [0, 0.05) is 5.75 Å². The van der Waals surface area contributed by atoms with Gasteiger partial charge in [-0.25, -0.2) is 8.42 Å². The van der Waals surface area contributed by atoms with E-state index in [1.807, 2.05) is 0 Å². The summed E-state index contributed by atoms with van der Waals surface area (Å²) in [5.74, 6) is -0.434. The highest BCUT2D eigenvalue weighted by molar-refractivity contribution is 7.85. The predicted molar refractivity (Wildman–Crippen MR) is 54.4 cm³/mol. The van der Waals surface area contributed by atoms with Gasteiger partial charge in [0.1, 0.15) is 0 Å². The van der Waals surface area contributed by atoms with Crippen molar-refractivity contribution in [2.24, 2.45) is 0 Å². The van der Waals surface area contributed by atoms with Crippen LogP contribution >= 0.6 is 0 Å². The van der Waals surface area contributed by atoms with E-state index in [4.69, 9.17) is 10.2 Å². The van der Waals surface area contributed by atoms with E-state index in [0.29, 0.717) is 6.42 Å². The third-order valence-electron chi connectivity index (χ3n) is 2.35. The highest BCUT2D eigenvalue weighted by Crippen LogP contribution is 2.07. The third kappa shape index (κ3) is 6.06. The summed E-state index contributed by atoms with van der Waals surface area (Å²) < 4.78 is 30.8. The molecule has 0 heterocycles. The number of aliphatic hydroxyl groups is 2. The molecule has 0 saturated heterocycles. The molecule has 0 rings (SSSR count). The van der Waals surface area contributed by atoms with E-state index in [2.05, 4.69) is 5.32 Å². The summed E-state index contributed by atoms with van der Waals surface area (Å²) in [5.41, 5.74) is -0.785. The largest absolute Gasteiger partial charge is 0.748 e. The Balaban J connectivity index is 3.92. The summed E-state index contributed by atoms with van der Waals surface area (Å²) in [7, 11) is -4.18. The summed E-state index contributed by atoms with van der Waals surface area (Å²) in [6, 6.07) is 0. The molecule has 0 radical (unpaired) electrons. The lowest BCUT2D eigenvalue weighted by Gasteiger charge is -2.29. The Morgan fingerprint density at radius 1 is 1.33 bits per heavy atom. The molecule has 3 N–H and O–H groups in total. The van der Waals surface area contributed by atoms with Crippen LogP contribution in [0.4, 0.5) is 0 Å². The molecule has 0 atom stereocenters. The van der Waals surface area contributed by atoms with Crippen LogP contribution in [-0.2, 0) is 10.1 Å². The smallest absolute Gasteiger partial charge is 0.0946 e. The molecule has 0 fully saturated rings. The molecule has 0 aromatic carbocycles. The van der Waals surface area contributed by atoms with Gasteiger partial charge in [0.05, 0.1) is 28.9 Å². The highest BCUT2D eigenvalue weighted by atomic mass is 32.2. The van der Waals surface area contributed by atoms with Crippen LogP contribution in [-0.4, -0.2) is 54.2 Å². The lowest BCUT2D eigenvalue weighted by atomic mass is 9.98. The highest BCUT2D eigenvalue weighted by Gasteiger charge is 2.25. The lowest BCUT2D eigenvalue weighted by Crippen LogP contribution is -2.51. The van der Waals surface area contributed by atoms with Crippen molar-refractivity contribution in [1.29, 1.82) is 0 Å². The average Bonchev–Trinajstić information content (AvgIpc) is 2.18.